The quantitative estimate of drug-likeness (QED) is 0.377. The van der Waals surface area contributed by atoms with E-state index in [0.29, 0.717) is 17.9 Å². The summed E-state index contributed by atoms with van der Waals surface area (Å²) in [6, 6.07) is 13.0. The van der Waals surface area contributed by atoms with Gasteiger partial charge >= 0.3 is 0 Å². The molecule has 8 heteroatoms. The summed E-state index contributed by atoms with van der Waals surface area (Å²) in [5.41, 5.74) is 4.98. The number of anilines is 1. The highest BCUT2D eigenvalue weighted by Crippen LogP contribution is 2.35. The molecule has 1 aliphatic carbocycles. The van der Waals surface area contributed by atoms with E-state index >= 15 is 0 Å². The first-order valence-corrected chi connectivity index (χ1v) is 12.1. The van der Waals surface area contributed by atoms with Gasteiger partial charge in [-0.15, -0.1) is 0 Å². The molecule has 0 spiro atoms. The van der Waals surface area contributed by atoms with Crippen molar-refractivity contribution in [2.45, 2.75) is 38.8 Å². The molecular weight excluding hydrogens is 454 g/mol. The third-order valence-corrected chi connectivity index (χ3v) is 6.58. The molecule has 0 saturated heterocycles. The van der Waals surface area contributed by atoms with E-state index in [2.05, 4.69) is 20.6 Å². The second-order valence-corrected chi connectivity index (χ2v) is 8.84. The monoisotopic (exact) mass is 483 g/mol. The van der Waals surface area contributed by atoms with E-state index in [1.165, 1.54) is 11.1 Å². The molecule has 1 amide bonds. The number of aryl methyl sites for hydroxylation is 1. The van der Waals surface area contributed by atoms with E-state index < -0.39 is 0 Å². The molecule has 2 heterocycles. The first-order valence-electron chi connectivity index (χ1n) is 12.1. The second-order valence-electron chi connectivity index (χ2n) is 8.84. The Hall–Kier alpha value is -4.20. The summed E-state index contributed by atoms with van der Waals surface area (Å²) in [5, 5.41) is 7.55. The van der Waals surface area contributed by atoms with Crippen molar-refractivity contribution in [1.82, 2.24) is 20.3 Å². The fourth-order valence-corrected chi connectivity index (χ4v) is 4.71. The highest BCUT2D eigenvalue weighted by Gasteiger charge is 2.22. The van der Waals surface area contributed by atoms with Crippen molar-refractivity contribution in [1.29, 1.82) is 0 Å². The minimum absolute atomic E-state index is 0.155. The first-order chi connectivity index (χ1) is 17.6. The van der Waals surface area contributed by atoms with Crippen LogP contribution < -0.4 is 20.1 Å². The Bertz CT molecular complexity index is 1410. The number of hydrogen-bond acceptors (Lipinski definition) is 7. The number of methoxy groups -OCH3 is 2. The second kappa shape index (κ2) is 10.2. The lowest BCUT2D eigenvalue weighted by molar-refractivity contribution is 0.0938. The number of carbonyl (C=O) groups is 1. The van der Waals surface area contributed by atoms with Crippen LogP contribution in [0.5, 0.6) is 11.5 Å². The zero-order valence-electron chi connectivity index (χ0n) is 20.7. The molecule has 0 bridgehead atoms. The standard InChI is InChI=1S/C28H29N5O3/c1-17(26-29-12-5-13-30-26)32-28(34)18-9-11-24-23(14-18)21-6-4-7-22(21)27(33-24)31-16-19-8-10-20(35-2)15-25(19)36-3/h5,8-15,17H,4,6-7,16H2,1-3H3,(H,31,33)(H,32,34). The summed E-state index contributed by atoms with van der Waals surface area (Å²) < 4.78 is 10.8. The van der Waals surface area contributed by atoms with Gasteiger partial charge in [-0.2, -0.15) is 0 Å². The van der Waals surface area contributed by atoms with Gasteiger partial charge in [-0.3, -0.25) is 4.79 Å². The minimum Gasteiger partial charge on any atom is -0.497 e. The number of aromatic nitrogens is 3. The average Bonchev–Trinajstić information content (AvgIpc) is 3.42. The molecule has 1 aliphatic rings. The van der Waals surface area contributed by atoms with Gasteiger partial charge in [0.2, 0.25) is 0 Å². The van der Waals surface area contributed by atoms with Crippen LogP contribution in [0.4, 0.5) is 5.82 Å². The van der Waals surface area contributed by atoms with Gasteiger partial charge in [-0.25, -0.2) is 15.0 Å². The predicted molar refractivity (Wildman–Crippen MR) is 139 cm³/mol. The number of pyridine rings is 1. The van der Waals surface area contributed by atoms with Crippen LogP contribution in [0, 0.1) is 0 Å². The third kappa shape index (κ3) is 4.66. The van der Waals surface area contributed by atoms with Crippen LogP contribution in [0.2, 0.25) is 0 Å². The van der Waals surface area contributed by atoms with Crippen LogP contribution in [-0.2, 0) is 19.4 Å². The molecular formula is C28H29N5O3. The lowest BCUT2D eigenvalue weighted by Gasteiger charge is -2.16. The zero-order chi connectivity index (χ0) is 25.1. The van der Waals surface area contributed by atoms with E-state index in [4.69, 9.17) is 14.5 Å². The maximum absolute atomic E-state index is 13.0. The molecule has 1 atom stereocenters. The molecule has 0 aliphatic heterocycles. The predicted octanol–water partition coefficient (Wildman–Crippen LogP) is 4.63. The summed E-state index contributed by atoms with van der Waals surface area (Å²) in [6.07, 6.45) is 6.33. The van der Waals surface area contributed by atoms with Crippen molar-refractivity contribution in [3.05, 3.63) is 82.9 Å². The fraction of sp³-hybridized carbons (Fsp3) is 0.286. The number of carbonyl (C=O) groups excluding carboxylic acids is 1. The SMILES string of the molecule is COc1ccc(CNc2nc3ccc(C(=O)NC(C)c4ncccn4)cc3c3c2CCC3)c(OC)c1. The van der Waals surface area contributed by atoms with Crippen molar-refractivity contribution >= 4 is 22.6 Å². The number of ether oxygens (including phenoxy) is 2. The van der Waals surface area contributed by atoms with E-state index in [0.717, 1.165) is 53.0 Å². The Labute approximate surface area is 210 Å². The van der Waals surface area contributed by atoms with Gasteiger partial charge in [0, 0.05) is 41.5 Å². The van der Waals surface area contributed by atoms with E-state index in [1.54, 1.807) is 32.7 Å². The average molecular weight is 484 g/mol. The van der Waals surface area contributed by atoms with Crippen LogP contribution in [0.1, 0.15) is 52.3 Å². The number of rotatable bonds is 8. The highest BCUT2D eigenvalue weighted by atomic mass is 16.5. The fourth-order valence-electron chi connectivity index (χ4n) is 4.71. The Kier molecular flexibility index (Phi) is 6.66. The highest BCUT2D eigenvalue weighted by molar-refractivity contribution is 5.99. The number of nitrogens with zero attached hydrogens (tertiary/aromatic N) is 3. The summed E-state index contributed by atoms with van der Waals surface area (Å²) in [5.74, 6) is 2.84. The molecule has 0 fully saturated rings. The van der Waals surface area contributed by atoms with Gasteiger partial charge in [0.1, 0.15) is 23.1 Å². The molecule has 2 aromatic carbocycles. The molecule has 184 valence electrons. The maximum atomic E-state index is 13.0. The normalized spacial score (nSPS) is 13.2. The van der Waals surface area contributed by atoms with Crippen molar-refractivity contribution in [3.8, 4) is 11.5 Å². The minimum atomic E-state index is -0.292. The molecule has 8 nitrogen and oxygen atoms in total. The van der Waals surface area contributed by atoms with Crippen LogP contribution >= 0.6 is 0 Å². The topological polar surface area (TPSA) is 98.3 Å². The lowest BCUT2D eigenvalue weighted by Crippen LogP contribution is -2.27. The Balaban J connectivity index is 1.39. The van der Waals surface area contributed by atoms with E-state index in [9.17, 15) is 4.79 Å². The summed E-state index contributed by atoms with van der Waals surface area (Å²) >= 11 is 0. The van der Waals surface area contributed by atoms with Gasteiger partial charge < -0.3 is 20.1 Å². The van der Waals surface area contributed by atoms with Crippen molar-refractivity contribution < 1.29 is 14.3 Å². The van der Waals surface area contributed by atoms with Crippen LogP contribution in [0.15, 0.2) is 54.9 Å². The van der Waals surface area contributed by atoms with Gasteiger partial charge in [0.15, 0.2) is 0 Å². The van der Waals surface area contributed by atoms with Crippen molar-refractivity contribution in [2.24, 2.45) is 0 Å². The molecule has 4 aromatic rings. The van der Waals surface area contributed by atoms with Crippen LogP contribution in [0.3, 0.4) is 0 Å². The first kappa shape index (κ1) is 23.5. The summed E-state index contributed by atoms with van der Waals surface area (Å²) in [7, 11) is 3.30. The Morgan fingerprint density at radius 1 is 1.03 bits per heavy atom. The third-order valence-electron chi connectivity index (χ3n) is 6.58. The number of nitrogens with one attached hydrogen (secondary N) is 2. The van der Waals surface area contributed by atoms with E-state index in [1.807, 2.05) is 43.3 Å². The number of fused-ring (bicyclic) bond motifs is 3. The number of benzene rings is 2. The molecule has 5 rings (SSSR count). The van der Waals surface area contributed by atoms with Crippen LogP contribution in [-0.4, -0.2) is 35.1 Å². The zero-order valence-corrected chi connectivity index (χ0v) is 20.7. The number of hydrogen-bond donors (Lipinski definition) is 2. The number of amides is 1. The van der Waals surface area contributed by atoms with Gasteiger partial charge in [0.25, 0.3) is 5.91 Å². The summed E-state index contributed by atoms with van der Waals surface area (Å²) in [4.78, 5) is 26.4. The summed E-state index contributed by atoms with van der Waals surface area (Å²) in [6.45, 7) is 2.46. The van der Waals surface area contributed by atoms with Crippen molar-refractivity contribution in [3.63, 3.8) is 0 Å². The van der Waals surface area contributed by atoms with Gasteiger partial charge in [-0.05, 0) is 73.7 Å². The smallest absolute Gasteiger partial charge is 0.251 e. The molecule has 0 saturated carbocycles. The largest absolute Gasteiger partial charge is 0.497 e. The van der Waals surface area contributed by atoms with Crippen molar-refractivity contribution in [2.75, 3.05) is 19.5 Å². The molecule has 0 radical (unpaired) electrons. The molecule has 1 unspecified atom stereocenters. The maximum Gasteiger partial charge on any atom is 0.251 e. The van der Waals surface area contributed by atoms with Gasteiger partial charge in [0.05, 0.1) is 25.8 Å². The molecule has 2 N–H and O–H groups in total. The Morgan fingerprint density at radius 2 is 1.83 bits per heavy atom. The van der Waals surface area contributed by atoms with Crippen LogP contribution in [0.25, 0.3) is 10.9 Å². The molecule has 2 aromatic heterocycles. The van der Waals surface area contributed by atoms with Gasteiger partial charge in [-0.1, -0.05) is 0 Å². The van der Waals surface area contributed by atoms with E-state index in [-0.39, 0.29) is 11.9 Å². The Morgan fingerprint density at radius 3 is 2.61 bits per heavy atom. The lowest BCUT2D eigenvalue weighted by atomic mass is 10.0. The molecule has 36 heavy (non-hydrogen) atoms.